The lowest BCUT2D eigenvalue weighted by molar-refractivity contribution is 0.0927. The molecule has 1 saturated heterocycles. The van der Waals surface area contributed by atoms with Crippen molar-refractivity contribution >= 4 is 30.7 Å². The van der Waals surface area contributed by atoms with Gasteiger partial charge in [0, 0.05) is 43.5 Å². The molecule has 3 N–H and O–H groups in total. The van der Waals surface area contributed by atoms with Gasteiger partial charge in [-0.05, 0) is 23.8 Å². The van der Waals surface area contributed by atoms with E-state index < -0.39 is 0 Å². The summed E-state index contributed by atoms with van der Waals surface area (Å²) in [7, 11) is 0. The number of nitrogens with one attached hydrogen (secondary N) is 2. The van der Waals surface area contributed by atoms with Crippen molar-refractivity contribution in [2.24, 2.45) is 5.92 Å². The SMILES string of the molecule is Cl.Cl.O=C(NCC1CNCC1O)c1ccc(Cn2cccn2)cc1. The van der Waals surface area contributed by atoms with Gasteiger partial charge in [0.15, 0.2) is 0 Å². The van der Waals surface area contributed by atoms with Crippen LogP contribution < -0.4 is 10.6 Å². The summed E-state index contributed by atoms with van der Waals surface area (Å²) in [6, 6.07) is 9.38. The lowest BCUT2D eigenvalue weighted by atomic mass is 10.1. The summed E-state index contributed by atoms with van der Waals surface area (Å²) >= 11 is 0. The number of amides is 1. The third-order valence-electron chi connectivity index (χ3n) is 3.95. The number of nitrogens with zero attached hydrogens (tertiary/aromatic N) is 2. The molecule has 1 aliphatic rings. The minimum absolute atomic E-state index is 0. The van der Waals surface area contributed by atoms with Crippen LogP contribution >= 0.6 is 24.8 Å². The van der Waals surface area contributed by atoms with Gasteiger partial charge in [-0.3, -0.25) is 9.48 Å². The highest BCUT2D eigenvalue weighted by molar-refractivity contribution is 5.94. The molecule has 2 heterocycles. The molecule has 2 atom stereocenters. The summed E-state index contributed by atoms with van der Waals surface area (Å²) in [6.07, 6.45) is 3.27. The maximum atomic E-state index is 12.1. The Bertz CT molecular complexity index is 620. The lowest BCUT2D eigenvalue weighted by Crippen LogP contribution is -2.34. The molecule has 1 aromatic carbocycles. The number of aliphatic hydroxyl groups excluding tert-OH is 1. The van der Waals surface area contributed by atoms with Crippen molar-refractivity contribution < 1.29 is 9.90 Å². The fourth-order valence-corrected chi connectivity index (χ4v) is 2.60. The normalized spacial score (nSPS) is 19.2. The van der Waals surface area contributed by atoms with Gasteiger partial charge in [0.05, 0.1) is 12.6 Å². The third-order valence-corrected chi connectivity index (χ3v) is 3.95. The lowest BCUT2D eigenvalue weighted by Gasteiger charge is -2.14. The van der Waals surface area contributed by atoms with Gasteiger partial charge in [-0.1, -0.05) is 12.1 Å². The zero-order chi connectivity index (χ0) is 15.4. The third kappa shape index (κ3) is 5.21. The number of benzene rings is 1. The first-order chi connectivity index (χ1) is 10.7. The number of β-amino-alcohol motifs (C(OH)–C–C–N with tert-alkyl or cyclic N) is 1. The Morgan fingerprint density at radius 1 is 1.29 bits per heavy atom. The average molecular weight is 373 g/mol. The molecule has 0 spiro atoms. The second-order valence-electron chi connectivity index (χ2n) is 5.60. The Kier molecular flexibility index (Phi) is 8.21. The summed E-state index contributed by atoms with van der Waals surface area (Å²) in [5, 5.41) is 19.9. The van der Waals surface area contributed by atoms with Crippen LogP contribution in [-0.2, 0) is 6.54 Å². The van der Waals surface area contributed by atoms with Crippen molar-refractivity contribution in [1.82, 2.24) is 20.4 Å². The highest BCUT2D eigenvalue weighted by atomic mass is 35.5. The monoisotopic (exact) mass is 372 g/mol. The molecular formula is C16H22Cl2N4O2. The van der Waals surface area contributed by atoms with E-state index in [1.54, 1.807) is 6.20 Å². The van der Waals surface area contributed by atoms with E-state index in [2.05, 4.69) is 15.7 Å². The van der Waals surface area contributed by atoms with Crippen molar-refractivity contribution in [3.63, 3.8) is 0 Å². The molecule has 132 valence electrons. The molecule has 8 heteroatoms. The molecule has 0 saturated carbocycles. The van der Waals surface area contributed by atoms with Crippen LogP contribution in [0, 0.1) is 5.92 Å². The largest absolute Gasteiger partial charge is 0.391 e. The van der Waals surface area contributed by atoms with E-state index in [1.807, 2.05) is 41.2 Å². The highest BCUT2D eigenvalue weighted by Crippen LogP contribution is 2.09. The van der Waals surface area contributed by atoms with E-state index in [1.165, 1.54) is 0 Å². The topological polar surface area (TPSA) is 79.2 Å². The number of carbonyl (C=O) groups is 1. The Hall–Kier alpha value is -1.60. The number of hydrogen-bond donors (Lipinski definition) is 3. The second kappa shape index (κ2) is 9.64. The van der Waals surface area contributed by atoms with Gasteiger partial charge in [0.25, 0.3) is 5.91 Å². The first kappa shape index (κ1) is 20.4. The molecular weight excluding hydrogens is 351 g/mol. The van der Waals surface area contributed by atoms with Crippen LogP contribution in [0.4, 0.5) is 0 Å². The van der Waals surface area contributed by atoms with E-state index >= 15 is 0 Å². The summed E-state index contributed by atoms with van der Waals surface area (Å²) in [4.78, 5) is 12.1. The number of aliphatic hydroxyl groups is 1. The Morgan fingerprint density at radius 3 is 2.62 bits per heavy atom. The Labute approximate surface area is 153 Å². The van der Waals surface area contributed by atoms with Gasteiger partial charge in [0.2, 0.25) is 0 Å². The molecule has 24 heavy (non-hydrogen) atoms. The average Bonchev–Trinajstić information content (AvgIpc) is 3.17. The molecule has 2 unspecified atom stereocenters. The van der Waals surface area contributed by atoms with Crippen LogP contribution in [0.2, 0.25) is 0 Å². The standard InChI is InChI=1S/C16H20N4O2.2ClH/c21-15-10-17-8-14(15)9-18-16(22)13-4-2-12(3-5-13)11-20-7-1-6-19-20;;/h1-7,14-15,17,21H,8-11H2,(H,18,22);2*1H. The molecule has 3 rings (SSSR count). The Balaban J connectivity index is 0.00000144. The zero-order valence-electron chi connectivity index (χ0n) is 13.1. The molecule has 6 nitrogen and oxygen atoms in total. The molecule has 1 amide bonds. The van der Waals surface area contributed by atoms with Gasteiger partial charge in [-0.2, -0.15) is 5.10 Å². The smallest absolute Gasteiger partial charge is 0.251 e. The Morgan fingerprint density at radius 2 is 2.04 bits per heavy atom. The van der Waals surface area contributed by atoms with Crippen LogP contribution in [0.5, 0.6) is 0 Å². The maximum Gasteiger partial charge on any atom is 0.251 e. The van der Waals surface area contributed by atoms with Gasteiger partial charge >= 0.3 is 0 Å². The van der Waals surface area contributed by atoms with Crippen molar-refractivity contribution in [2.45, 2.75) is 12.6 Å². The minimum atomic E-state index is -0.378. The fourth-order valence-electron chi connectivity index (χ4n) is 2.60. The highest BCUT2D eigenvalue weighted by Gasteiger charge is 2.25. The molecule has 1 aliphatic heterocycles. The summed E-state index contributed by atoms with van der Waals surface area (Å²) in [6.45, 7) is 2.52. The maximum absolute atomic E-state index is 12.1. The van der Waals surface area contributed by atoms with Crippen molar-refractivity contribution in [3.05, 3.63) is 53.9 Å². The van der Waals surface area contributed by atoms with Crippen LogP contribution in [0.3, 0.4) is 0 Å². The summed E-state index contributed by atoms with van der Waals surface area (Å²) in [5.74, 6) is -0.0206. The quantitative estimate of drug-likeness (QED) is 0.733. The molecule has 0 bridgehead atoms. The fraction of sp³-hybridized carbons (Fsp3) is 0.375. The number of rotatable bonds is 5. The van der Waals surface area contributed by atoms with Crippen LogP contribution in [-0.4, -0.2) is 46.5 Å². The van der Waals surface area contributed by atoms with Crippen molar-refractivity contribution in [2.75, 3.05) is 19.6 Å². The van der Waals surface area contributed by atoms with Gasteiger partial charge in [0.1, 0.15) is 0 Å². The summed E-state index contributed by atoms with van der Waals surface area (Å²) < 4.78 is 1.84. The van der Waals surface area contributed by atoms with E-state index in [4.69, 9.17) is 0 Å². The number of aromatic nitrogens is 2. The number of carbonyl (C=O) groups excluding carboxylic acids is 1. The molecule has 1 aromatic heterocycles. The predicted octanol–water partition coefficient (Wildman–Crippen LogP) is 1.09. The van der Waals surface area contributed by atoms with Gasteiger partial charge in [-0.15, -0.1) is 24.8 Å². The van der Waals surface area contributed by atoms with E-state index in [0.29, 0.717) is 25.2 Å². The van der Waals surface area contributed by atoms with Crippen molar-refractivity contribution in [1.29, 1.82) is 0 Å². The van der Waals surface area contributed by atoms with Crippen LogP contribution in [0.25, 0.3) is 0 Å². The zero-order valence-corrected chi connectivity index (χ0v) is 14.7. The van der Waals surface area contributed by atoms with Gasteiger partial charge in [-0.25, -0.2) is 0 Å². The van der Waals surface area contributed by atoms with E-state index in [0.717, 1.165) is 12.1 Å². The molecule has 0 radical (unpaired) electrons. The number of halogens is 2. The van der Waals surface area contributed by atoms with Crippen LogP contribution in [0.15, 0.2) is 42.7 Å². The first-order valence-electron chi connectivity index (χ1n) is 7.46. The second-order valence-corrected chi connectivity index (χ2v) is 5.60. The minimum Gasteiger partial charge on any atom is -0.391 e. The first-order valence-corrected chi connectivity index (χ1v) is 7.46. The van der Waals surface area contributed by atoms with E-state index in [9.17, 15) is 9.90 Å². The van der Waals surface area contributed by atoms with E-state index in [-0.39, 0.29) is 42.7 Å². The molecule has 0 aliphatic carbocycles. The molecule has 2 aromatic rings. The van der Waals surface area contributed by atoms with Crippen molar-refractivity contribution in [3.8, 4) is 0 Å². The summed E-state index contributed by atoms with van der Waals surface area (Å²) in [5.41, 5.74) is 1.72. The predicted molar refractivity (Wildman–Crippen MR) is 97.0 cm³/mol. The molecule has 1 fully saturated rings. The van der Waals surface area contributed by atoms with Crippen LogP contribution in [0.1, 0.15) is 15.9 Å². The van der Waals surface area contributed by atoms with Gasteiger partial charge < -0.3 is 15.7 Å². The number of hydrogen-bond acceptors (Lipinski definition) is 4.